The van der Waals surface area contributed by atoms with E-state index < -0.39 is 12.3 Å². The van der Waals surface area contributed by atoms with Crippen LogP contribution in [0.5, 0.6) is 11.5 Å². The number of carbonyl (C=O) groups excluding carboxylic acids is 1. The van der Waals surface area contributed by atoms with Crippen molar-refractivity contribution in [2.75, 3.05) is 11.1 Å². The molecule has 2 heterocycles. The fourth-order valence-corrected chi connectivity index (χ4v) is 7.60. The van der Waals surface area contributed by atoms with Crippen LogP contribution in [0.1, 0.15) is 51.9 Å². The van der Waals surface area contributed by atoms with E-state index >= 15 is 0 Å². The van der Waals surface area contributed by atoms with Gasteiger partial charge in [-0.15, -0.1) is 11.8 Å². The second-order valence-electron chi connectivity index (χ2n) is 13.4. The van der Waals surface area contributed by atoms with Gasteiger partial charge >= 0.3 is 12.0 Å². The summed E-state index contributed by atoms with van der Waals surface area (Å²) in [5.41, 5.74) is 6.21. The lowest BCUT2D eigenvalue weighted by molar-refractivity contribution is -0.268. The van der Waals surface area contributed by atoms with E-state index in [1.165, 1.54) is 11.8 Å². The average Bonchev–Trinajstić information content (AvgIpc) is 3.24. The SMILES string of the molecule is C[C@H]1[C@@H](CSc2ncccc2C(=O)O)O[C@@H](c2cccc(-c3cccc(CNC(=O)Nc4ccc(Oc5ccccc5)cc4)c3)c2)O[C@H]1c1ccc(CO)cc1. The number of thioether (sulfide) groups is 1. The van der Waals surface area contributed by atoms with Crippen molar-refractivity contribution in [3.63, 3.8) is 0 Å². The Morgan fingerprint density at radius 1 is 0.768 bits per heavy atom. The van der Waals surface area contributed by atoms with Crippen LogP contribution in [0.2, 0.25) is 0 Å². The fraction of sp³-hybridized carbons (Fsp3) is 0.178. The Hall–Kier alpha value is -5.98. The maximum atomic E-state index is 12.8. The molecule has 11 heteroatoms. The summed E-state index contributed by atoms with van der Waals surface area (Å²) in [5, 5.41) is 25.6. The maximum absolute atomic E-state index is 12.8. The Labute approximate surface area is 329 Å². The summed E-state index contributed by atoms with van der Waals surface area (Å²) in [5.74, 6) is 0.744. The van der Waals surface area contributed by atoms with Crippen molar-refractivity contribution in [2.24, 2.45) is 5.92 Å². The van der Waals surface area contributed by atoms with E-state index in [1.807, 2.05) is 103 Å². The lowest BCUT2D eigenvalue weighted by Crippen LogP contribution is -2.38. The van der Waals surface area contributed by atoms with Crippen molar-refractivity contribution in [3.05, 3.63) is 174 Å². The number of pyridine rings is 1. The van der Waals surface area contributed by atoms with E-state index in [4.69, 9.17) is 14.2 Å². The molecule has 0 saturated carbocycles. The molecule has 10 nitrogen and oxygen atoms in total. The van der Waals surface area contributed by atoms with Gasteiger partial charge < -0.3 is 35.1 Å². The molecule has 0 unspecified atom stereocenters. The smallest absolute Gasteiger partial charge is 0.338 e. The van der Waals surface area contributed by atoms with Gasteiger partial charge in [0.1, 0.15) is 16.5 Å². The molecule has 1 aromatic heterocycles. The van der Waals surface area contributed by atoms with Crippen LogP contribution in [0.15, 0.2) is 151 Å². The highest BCUT2D eigenvalue weighted by atomic mass is 32.2. The largest absolute Gasteiger partial charge is 0.478 e. The van der Waals surface area contributed by atoms with Crippen molar-refractivity contribution in [2.45, 2.75) is 43.6 Å². The standard InChI is InChI=1S/C45H41N3O7S/c1-29-40(28-56-42-39(43(50)51)14-7-23-46-42)54-44(55-41(29)32-17-15-30(27-49)16-18-32)35-11-6-10-34(25-35)33-9-5-8-31(24-33)26-47-45(52)48-36-19-21-38(22-20-36)53-37-12-3-2-4-13-37/h2-25,29,40-41,44,49H,26-28H2,1H3,(H,50,51)(H2,47,48,52)/t29-,40+,41+,44+/m0/s1. The van der Waals surface area contributed by atoms with Gasteiger partial charge in [-0.25, -0.2) is 14.6 Å². The number of urea groups is 1. The number of nitrogens with one attached hydrogen (secondary N) is 2. The van der Waals surface area contributed by atoms with E-state index in [1.54, 1.807) is 42.6 Å². The predicted octanol–water partition coefficient (Wildman–Crippen LogP) is 9.64. The zero-order valence-electron chi connectivity index (χ0n) is 30.6. The highest BCUT2D eigenvalue weighted by molar-refractivity contribution is 7.99. The van der Waals surface area contributed by atoms with Crippen LogP contribution < -0.4 is 15.4 Å². The van der Waals surface area contributed by atoms with Crippen molar-refractivity contribution >= 4 is 29.4 Å². The number of carboxylic acid groups (broad SMARTS) is 1. The highest BCUT2D eigenvalue weighted by Crippen LogP contribution is 2.43. The van der Waals surface area contributed by atoms with Gasteiger partial charge in [0, 0.05) is 35.7 Å². The molecule has 4 N–H and O–H groups in total. The summed E-state index contributed by atoms with van der Waals surface area (Å²) >= 11 is 1.35. The third kappa shape index (κ3) is 9.63. The van der Waals surface area contributed by atoms with Gasteiger partial charge in [0.15, 0.2) is 6.29 Å². The molecule has 5 aromatic carbocycles. The number of aromatic nitrogens is 1. The van der Waals surface area contributed by atoms with Gasteiger partial charge in [-0.3, -0.25) is 0 Å². The van der Waals surface area contributed by atoms with Gasteiger partial charge in [-0.05, 0) is 88.5 Å². The van der Waals surface area contributed by atoms with Crippen molar-refractivity contribution < 1.29 is 34.0 Å². The molecule has 4 atom stereocenters. The number of ether oxygens (including phenoxy) is 3. The zero-order valence-corrected chi connectivity index (χ0v) is 31.4. The topological polar surface area (TPSA) is 139 Å². The molecule has 284 valence electrons. The number of para-hydroxylation sites is 1. The summed E-state index contributed by atoms with van der Waals surface area (Å²) < 4.78 is 19.2. The maximum Gasteiger partial charge on any atom is 0.338 e. The molecule has 7 rings (SSSR count). The molecule has 0 radical (unpaired) electrons. The highest BCUT2D eigenvalue weighted by Gasteiger charge is 2.38. The summed E-state index contributed by atoms with van der Waals surface area (Å²) in [6.45, 7) is 2.33. The molecule has 0 bridgehead atoms. The first-order valence-electron chi connectivity index (χ1n) is 18.2. The third-order valence-corrected chi connectivity index (χ3v) is 10.6. The van der Waals surface area contributed by atoms with E-state index in [2.05, 4.69) is 22.5 Å². The number of aromatic carboxylic acids is 1. The molecule has 1 fully saturated rings. The minimum Gasteiger partial charge on any atom is -0.478 e. The summed E-state index contributed by atoms with van der Waals surface area (Å²) in [4.78, 5) is 29.0. The normalized spacial score (nSPS) is 17.8. The molecule has 1 aliphatic rings. The Bertz CT molecular complexity index is 2250. The van der Waals surface area contributed by atoms with Crippen LogP contribution in [-0.4, -0.2) is 39.1 Å². The van der Waals surface area contributed by atoms with Crippen molar-refractivity contribution in [1.29, 1.82) is 0 Å². The number of aliphatic hydroxyl groups excluding tert-OH is 1. The number of hydrogen-bond donors (Lipinski definition) is 4. The van der Waals surface area contributed by atoms with Crippen LogP contribution in [0.3, 0.4) is 0 Å². The third-order valence-electron chi connectivity index (χ3n) is 9.47. The average molecular weight is 768 g/mol. The molecule has 1 saturated heterocycles. The fourth-order valence-electron chi connectivity index (χ4n) is 6.45. The lowest BCUT2D eigenvalue weighted by Gasteiger charge is -2.41. The zero-order chi connectivity index (χ0) is 38.9. The van der Waals surface area contributed by atoms with E-state index in [9.17, 15) is 19.8 Å². The van der Waals surface area contributed by atoms with E-state index in [0.717, 1.165) is 39.1 Å². The Morgan fingerprint density at radius 2 is 1.50 bits per heavy atom. The monoisotopic (exact) mass is 767 g/mol. The quantitative estimate of drug-likeness (QED) is 0.0846. The molecular formula is C45H41N3O7S. The number of carbonyl (C=O) groups is 2. The molecule has 1 aliphatic heterocycles. The molecule has 2 amide bonds. The molecule has 0 spiro atoms. The second kappa shape index (κ2) is 18.1. The minimum atomic E-state index is -1.03. The van der Waals surface area contributed by atoms with Gasteiger partial charge in [0.05, 0.1) is 24.4 Å². The lowest BCUT2D eigenvalue weighted by atomic mass is 9.91. The van der Waals surface area contributed by atoms with Crippen LogP contribution in [0.4, 0.5) is 10.5 Å². The number of aliphatic hydroxyl groups is 1. The van der Waals surface area contributed by atoms with Crippen molar-refractivity contribution in [3.8, 4) is 22.6 Å². The van der Waals surface area contributed by atoms with Crippen LogP contribution in [-0.2, 0) is 22.6 Å². The van der Waals surface area contributed by atoms with Gasteiger partial charge in [0.2, 0.25) is 0 Å². The number of amides is 2. The van der Waals surface area contributed by atoms with Gasteiger partial charge in [-0.1, -0.05) is 85.8 Å². The van der Waals surface area contributed by atoms with Crippen LogP contribution in [0.25, 0.3) is 11.1 Å². The first kappa shape index (κ1) is 38.3. The summed E-state index contributed by atoms with van der Waals surface area (Å²) in [7, 11) is 0. The van der Waals surface area contributed by atoms with Gasteiger partial charge in [0.25, 0.3) is 0 Å². The Kier molecular flexibility index (Phi) is 12.4. The number of benzene rings is 5. The number of anilines is 1. The van der Waals surface area contributed by atoms with Crippen LogP contribution >= 0.6 is 11.8 Å². The van der Waals surface area contributed by atoms with E-state index in [-0.39, 0.29) is 36.3 Å². The Balaban J connectivity index is 1.03. The Morgan fingerprint density at radius 3 is 2.25 bits per heavy atom. The molecule has 56 heavy (non-hydrogen) atoms. The van der Waals surface area contributed by atoms with Crippen molar-refractivity contribution in [1.82, 2.24) is 10.3 Å². The number of nitrogens with zero attached hydrogens (tertiary/aromatic N) is 1. The number of carboxylic acids is 1. The predicted molar refractivity (Wildman–Crippen MR) is 216 cm³/mol. The second-order valence-corrected chi connectivity index (χ2v) is 14.4. The summed E-state index contributed by atoms with van der Waals surface area (Å²) in [6.07, 6.45) is 0.231. The minimum absolute atomic E-state index is 0.0555. The molecular weight excluding hydrogens is 727 g/mol. The number of hydrogen-bond acceptors (Lipinski definition) is 8. The number of rotatable bonds is 13. The summed E-state index contributed by atoms with van der Waals surface area (Å²) in [6, 6.07) is 43.2. The molecule has 6 aromatic rings. The van der Waals surface area contributed by atoms with Gasteiger partial charge in [-0.2, -0.15) is 0 Å². The first-order chi connectivity index (χ1) is 27.3. The van der Waals surface area contributed by atoms with E-state index in [0.29, 0.717) is 28.8 Å². The molecule has 0 aliphatic carbocycles. The first-order valence-corrected chi connectivity index (χ1v) is 19.2. The van der Waals surface area contributed by atoms with Crippen LogP contribution in [0, 0.1) is 5.92 Å².